The van der Waals surface area contributed by atoms with Crippen molar-refractivity contribution in [3.8, 4) is 0 Å². The Hall–Kier alpha value is -4.12. The fourth-order valence-corrected chi connectivity index (χ4v) is 12.8. The second kappa shape index (κ2) is 56.2. The maximum atomic E-state index is 14.1. The van der Waals surface area contributed by atoms with Crippen molar-refractivity contribution in [2.24, 2.45) is 23.7 Å². The van der Waals surface area contributed by atoms with Gasteiger partial charge in [0.15, 0.2) is 18.9 Å². The number of ether oxygens (including phenoxy) is 7. The lowest BCUT2D eigenvalue weighted by molar-refractivity contribution is -0.282. The van der Waals surface area contributed by atoms with Crippen LogP contribution in [0.25, 0.3) is 0 Å². The van der Waals surface area contributed by atoms with Gasteiger partial charge in [-0.05, 0) is 97.4 Å². The first-order valence-corrected chi connectivity index (χ1v) is 39.1. The smallest absolute Gasteiger partial charge is 0.239 e. The minimum Gasteiger partial charge on any atom is -0.394 e. The minimum absolute atomic E-state index is 0.0667. The van der Waals surface area contributed by atoms with Gasteiger partial charge in [0.1, 0.15) is 59.8 Å². The molecule has 3 aliphatic heterocycles. The van der Waals surface area contributed by atoms with E-state index in [4.69, 9.17) is 33.2 Å². The van der Waals surface area contributed by atoms with E-state index in [1.165, 1.54) is 0 Å². The lowest BCUT2D eigenvalue weighted by atomic mass is 9.92. The zero-order valence-corrected chi connectivity index (χ0v) is 63.2. The average molecular weight is 1490 g/mol. The molecule has 0 aromatic heterocycles. The van der Waals surface area contributed by atoms with E-state index in [1.54, 1.807) is 25.7 Å². The molecule has 3 rings (SSSR count). The summed E-state index contributed by atoms with van der Waals surface area (Å²) >= 11 is 0. The number of amides is 4. The van der Waals surface area contributed by atoms with Crippen molar-refractivity contribution in [1.29, 1.82) is 0 Å². The Kier molecular flexibility index (Phi) is 50.8. The Balaban J connectivity index is 1.57. The van der Waals surface area contributed by atoms with E-state index in [-0.39, 0.29) is 99.3 Å². The number of ketones is 4. The van der Waals surface area contributed by atoms with Gasteiger partial charge in [-0.1, -0.05) is 91.4 Å². The highest BCUT2D eigenvalue weighted by molar-refractivity contribution is 5.89. The fraction of sp³-hybridized carbons (Fsp3) is 0.893. The predicted octanol–water partition coefficient (Wildman–Crippen LogP) is 3.44. The number of unbranched alkanes of at least 4 members (excludes halogenated alkanes) is 15. The van der Waals surface area contributed by atoms with Gasteiger partial charge in [-0.25, -0.2) is 0 Å². The Morgan fingerprint density at radius 1 is 0.375 bits per heavy atom. The van der Waals surface area contributed by atoms with Gasteiger partial charge < -0.3 is 100 Å². The maximum Gasteiger partial charge on any atom is 0.239 e. The highest BCUT2D eigenvalue weighted by atomic mass is 16.7. The SMILES string of the molecule is CC(C)OCCCCCCCC(=O)CCCC(=O)CCCCCC(CCN(CC(=O)CCC(=O)NCCCCCCO[C@@H]1OC(CO)[C@H](O)[C@H](O)C1C)CC(=O)CCC(=O)NCCCCCCO[C@@H]1OC(CO)[C@H](O)[C@H](O)C1C)C(=O)NCC(=O)NCCCCCCO[C@@H]1OC(CO)[C@H](O)[C@H](O)C1C. The first-order chi connectivity index (χ1) is 49.9. The van der Waals surface area contributed by atoms with Crippen molar-refractivity contribution < 1.29 is 117 Å². The lowest BCUT2D eigenvalue weighted by Crippen LogP contribution is -2.55. The number of hydrogen-bond donors (Lipinski definition) is 13. The van der Waals surface area contributed by atoms with E-state index in [0.717, 1.165) is 77.2 Å². The van der Waals surface area contributed by atoms with Gasteiger partial charge in [0.05, 0.1) is 63.9 Å². The van der Waals surface area contributed by atoms with Crippen LogP contribution in [0.5, 0.6) is 0 Å². The number of rotatable bonds is 62. The molecule has 4 amide bonds. The fourth-order valence-electron chi connectivity index (χ4n) is 12.8. The van der Waals surface area contributed by atoms with Gasteiger partial charge in [0.25, 0.3) is 0 Å². The first kappa shape index (κ1) is 94.1. The Labute approximate surface area is 617 Å². The highest BCUT2D eigenvalue weighted by Gasteiger charge is 2.45. The summed E-state index contributed by atoms with van der Waals surface area (Å²) in [5.74, 6) is -4.02. The van der Waals surface area contributed by atoms with Crippen LogP contribution >= 0.6 is 0 Å². The minimum atomic E-state index is -1.22. The monoisotopic (exact) mass is 1490 g/mol. The van der Waals surface area contributed by atoms with Crippen LogP contribution in [0.15, 0.2) is 0 Å². The first-order valence-electron chi connectivity index (χ1n) is 39.1. The third-order valence-corrected chi connectivity index (χ3v) is 19.7. The number of nitrogens with zero attached hydrogens (tertiary/aromatic N) is 1. The van der Waals surface area contributed by atoms with Crippen molar-refractivity contribution in [1.82, 2.24) is 26.2 Å². The van der Waals surface area contributed by atoms with Crippen LogP contribution in [-0.2, 0) is 71.5 Å². The second-order valence-electron chi connectivity index (χ2n) is 29.1. The molecule has 16 atom stereocenters. The molecular formula is C75H135N5O24. The van der Waals surface area contributed by atoms with Crippen LogP contribution in [0.1, 0.15) is 234 Å². The van der Waals surface area contributed by atoms with Crippen molar-refractivity contribution in [3.63, 3.8) is 0 Å². The summed E-state index contributed by atoms with van der Waals surface area (Å²) < 4.78 is 39.9. The van der Waals surface area contributed by atoms with Gasteiger partial charge in [-0.15, -0.1) is 0 Å². The van der Waals surface area contributed by atoms with Crippen LogP contribution in [0.2, 0.25) is 0 Å². The highest BCUT2D eigenvalue weighted by Crippen LogP contribution is 2.30. The number of carbonyl (C=O) groups is 8. The van der Waals surface area contributed by atoms with Crippen LogP contribution in [0, 0.1) is 23.7 Å². The summed E-state index contributed by atoms with van der Waals surface area (Å²) in [6, 6.07) is 0. The molecule has 13 N–H and O–H groups in total. The van der Waals surface area contributed by atoms with Crippen molar-refractivity contribution in [3.05, 3.63) is 0 Å². The molecule has 3 saturated heterocycles. The maximum absolute atomic E-state index is 14.1. The van der Waals surface area contributed by atoms with Crippen LogP contribution in [0.4, 0.5) is 0 Å². The molecule has 0 aromatic carbocycles. The largest absolute Gasteiger partial charge is 0.394 e. The van der Waals surface area contributed by atoms with Crippen molar-refractivity contribution in [2.45, 2.75) is 314 Å². The lowest BCUT2D eigenvalue weighted by Gasteiger charge is -2.40. The third kappa shape index (κ3) is 39.8. The van der Waals surface area contributed by atoms with Gasteiger partial charge in [-0.2, -0.15) is 0 Å². The quantitative estimate of drug-likeness (QED) is 0.0388. The predicted molar refractivity (Wildman–Crippen MR) is 385 cm³/mol. The number of nitrogens with one attached hydrogen (secondary N) is 4. The number of Topliss-reactive ketones (excluding diaryl/α,β-unsaturated/α-hetero) is 4. The topological polar surface area (TPSA) is 435 Å². The molecule has 104 heavy (non-hydrogen) atoms. The molecule has 29 heteroatoms. The average Bonchev–Trinajstić information content (AvgIpc) is 0.834. The number of carbonyl (C=O) groups excluding carboxylic acids is 8. The van der Waals surface area contributed by atoms with Gasteiger partial charge in [0, 0.05) is 121 Å². The number of hydrogen-bond acceptors (Lipinski definition) is 25. The molecule has 7 unspecified atom stereocenters. The molecule has 0 radical (unpaired) electrons. The number of aliphatic hydroxyl groups excluding tert-OH is 9. The molecule has 3 heterocycles. The van der Waals surface area contributed by atoms with E-state index < -0.39 is 129 Å². The summed E-state index contributed by atoms with van der Waals surface area (Å²) in [4.78, 5) is 108. The van der Waals surface area contributed by atoms with Gasteiger partial charge in [0.2, 0.25) is 23.6 Å². The summed E-state index contributed by atoms with van der Waals surface area (Å²) in [7, 11) is 0. The Bertz CT molecular complexity index is 2290. The Morgan fingerprint density at radius 3 is 1.12 bits per heavy atom. The van der Waals surface area contributed by atoms with E-state index in [0.29, 0.717) is 136 Å². The Morgan fingerprint density at radius 2 is 0.721 bits per heavy atom. The van der Waals surface area contributed by atoms with E-state index >= 15 is 0 Å². The summed E-state index contributed by atoms with van der Waals surface area (Å²) in [6.07, 6.45) is 5.41. The van der Waals surface area contributed by atoms with E-state index in [9.17, 15) is 84.3 Å². The number of aliphatic hydroxyl groups is 9. The van der Waals surface area contributed by atoms with Crippen LogP contribution < -0.4 is 21.3 Å². The summed E-state index contributed by atoms with van der Waals surface area (Å²) in [6.45, 7) is 9.92. The standard InChI is InChI=1S/C75H135N5O24/c1-51(2)98-41-22-11-6-7-17-28-56(84)30-26-31-57(85)29-18-15-16-27-55(72(97)79-45-65(90)78-39-21-10-14-25-44-101-75-54(5)68(93)71(96)62(50-83)104-75)36-40-80(46-58(86)32-34-63(88)76-37-19-8-12-23-42-99-73-52(3)66(91)69(94)60(48-81)102-73)47-59(87)33-35-64(89)77-38-20-9-13-24-43-100-74-53(4)67(92)70(95)61(49-82)103-74/h51-55,60-62,66-71,73-75,81-83,91-96H,6-50H2,1-5H3,(H,76,88)(H,77,89)(H,78,90)(H,79,97)/t52?,53?,54?,55?,60?,61?,62?,66-,67-,68-,69+,70+,71+,73-,74-,75-/m1/s1. The zero-order chi connectivity index (χ0) is 76.6. The summed E-state index contributed by atoms with van der Waals surface area (Å²) in [5.41, 5.74) is 0. The molecular weight excluding hydrogens is 1350 g/mol. The molecule has 0 saturated carbocycles. The molecule has 3 fully saturated rings. The van der Waals surface area contributed by atoms with E-state index in [1.807, 2.05) is 13.8 Å². The second-order valence-corrected chi connectivity index (χ2v) is 29.1. The molecule has 0 spiro atoms. The summed E-state index contributed by atoms with van der Waals surface area (Å²) in [5, 5.41) is 101. The van der Waals surface area contributed by atoms with Crippen molar-refractivity contribution in [2.75, 3.05) is 92.1 Å². The molecule has 0 aromatic rings. The van der Waals surface area contributed by atoms with E-state index in [2.05, 4.69) is 21.3 Å². The molecule has 604 valence electrons. The van der Waals surface area contributed by atoms with Gasteiger partial charge >= 0.3 is 0 Å². The van der Waals surface area contributed by atoms with Gasteiger partial charge in [-0.3, -0.25) is 43.3 Å². The molecule has 0 bridgehead atoms. The normalized spacial score (nSPS) is 25.2. The van der Waals surface area contributed by atoms with Crippen molar-refractivity contribution >= 4 is 46.8 Å². The van der Waals surface area contributed by atoms with Crippen LogP contribution in [0.3, 0.4) is 0 Å². The third-order valence-electron chi connectivity index (χ3n) is 19.7. The molecule has 3 aliphatic rings. The zero-order valence-electron chi connectivity index (χ0n) is 63.2. The van der Waals surface area contributed by atoms with Crippen LogP contribution in [-0.4, -0.2) is 270 Å². The molecule has 0 aliphatic carbocycles. The molecule has 29 nitrogen and oxygen atoms in total.